The van der Waals surface area contributed by atoms with Gasteiger partial charge in [0, 0.05) is 12.7 Å². The first kappa shape index (κ1) is 13.4. The highest BCUT2D eigenvalue weighted by atomic mass is 16.5. The number of hydrogen-bond acceptors (Lipinski definition) is 4. The van der Waals surface area contributed by atoms with Crippen molar-refractivity contribution < 1.29 is 14.3 Å². The number of pyridine rings is 1. The first-order valence-electron chi connectivity index (χ1n) is 7.20. The smallest absolute Gasteiger partial charge is 0.263 e. The van der Waals surface area contributed by atoms with Crippen molar-refractivity contribution in [3.63, 3.8) is 0 Å². The second kappa shape index (κ2) is 5.79. The number of rotatable bonds is 4. The van der Waals surface area contributed by atoms with Crippen LogP contribution in [-0.4, -0.2) is 47.7 Å². The Labute approximate surface area is 118 Å². The summed E-state index contributed by atoms with van der Waals surface area (Å²) in [6.45, 7) is 3.75. The van der Waals surface area contributed by atoms with Crippen molar-refractivity contribution in [3.8, 4) is 5.75 Å². The third kappa shape index (κ3) is 2.93. The first-order chi connectivity index (χ1) is 9.75. The summed E-state index contributed by atoms with van der Waals surface area (Å²) < 4.78 is 11.2. The van der Waals surface area contributed by atoms with Gasteiger partial charge in [0.05, 0.1) is 25.5 Å². The number of amides is 1. The Hall–Kier alpha value is -1.62. The van der Waals surface area contributed by atoms with Gasteiger partial charge in [0.15, 0.2) is 6.10 Å². The molecule has 1 amide bonds. The minimum absolute atomic E-state index is 0.0500. The Kier molecular flexibility index (Phi) is 3.87. The molecule has 2 aliphatic rings. The normalized spacial score (nSPS) is 24.2. The maximum Gasteiger partial charge on any atom is 0.263 e. The monoisotopic (exact) mass is 276 g/mol. The van der Waals surface area contributed by atoms with Gasteiger partial charge in [-0.1, -0.05) is 0 Å². The molecular weight excluding hydrogens is 256 g/mol. The molecule has 0 N–H and O–H groups in total. The van der Waals surface area contributed by atoms with Crippen LogP contribution in [0.4, 0.5) is 0 Å². The van der Waals surface area contributed by atoms with Gasteiger partial charge in [0.1, 0.15) is 5.75 Å². The molecule has 20 heavy (non-hydrogen) atoms. The predicted octanol–water partition coefficient (Wildman–Crippen LogP) is 1.49. The molecule has 0 bridgehead atoms. The molecule has 0 spiro atoms. The number of carbonyl (C=O) groups excluding carboxylic acids is 1. The van der Waals surface area contributed by atoms with Crippen LogP contribution in [0, 0.1) is 5.92 Å². The standard InChI is InChI=1S/C15H20N2O3/c1-11(20-13-3-2-6-16-9-13)15(18)17-7-8-19-10-14(17)12-4-5-12/h2-3,6,9,11-12,14H,4-5,7-8,10H2,1H3/t11-,14-/m1/s1. The Morgan fingerprint density at radius 2 is 2.40 bits per heavy atom. The largest absolute Gasteiger partial charge is 0.479 e. The second-order valence-corrected chi connectivity index (χ2v) is 5.46. The summed E-state index contributed by atoms with van der Waals surface area (Å²) in [6, 6.07) is 3.85. The van der Waals surface area contributed by atoms with Crippen molar-refractivity contribution in [1.29, 1.82) is 0 Å². The lowest BCUT2D eigenvalue weighted by Crippen LogP contribution is -2.53. The minimum atomic E-state index is -0.487. The van der Waals surface area contributed by atoms with E-state index < -0.39 is 6.10 Å². The average molecular weight is 276 g/mol. The van der Waals surface area contributed by atoms with Gasteiger partial charge >= 0.3 is 0 Å². The van der Waals surface area contributed by atoms with E-state index >= 15 is 0 Å². The molecule has 1 aromatic heterocycles. The summed E-state index contributed by atoms with van der Waals surface area (Å²) in [4.78, 5) is 18.5. The molecular formula is C15H20N2O3. The topological polar surface area (TPSA) is 51.7 Å². The van der Waals surface area contributed by atoms with Gasteiger partial charge < -0.3 is 14.4 Å². The lowest BCUT2D eigenvalue weighted by molar-refractivity contribution is -0.147. The molecule has 2 atom stereocenters. The Morgan fingerprint density at radius 1 is 1.55 bits per heavy atom. The van der Waals surface area contributed by atoms with Gasteiger partial charge in [-0.05, 0) is 37.8 Å². The summed E-state index contributed by atoms with van der Waals surface area (Å²) in [6.07, 6.45) is 5.23. The molecule has 1 saturated carbocycles. The highest BCUT2D eigenvalue weighted by Crippen LogP contribution is 2.36. The predicted molar refractivity (Wildman–Crippen MR) is 73.4 cm³/mol. The van der Waals surface area contributed by atoms with Crippen molar-refractivity contribution >= 4 is 5.91 Å². The fourth-order valence-electron chi connectivity index (χ4n) is 2.67. The molecule has 0 radical (unpaired) electrons. The zero-order valence-electron chi connectivity index (χ0n) is 11.7. The van der Waals surface area contributed by atoms with E-state index in [2.05, 4.69) is 4.98 Å². The van der Waals surface area contributed by atoms with Crippen LogP contribution in [0.5, 0.6) is 5.75 Å². The number of carbonyl (C=O) groups is 1. The van der Waals surface area contributed by atoms with E-state index in [1.54, 1.807) is 25.4 Å². The summed E-state index contributed by atoms with van der Waals surface area (Å²) in [5, 5.41) is 0. The highest BCUT2D eigenvalue weighted by molar-refractivity contribution is 5.81. The molecule has 2 fully saturated rings. The molecule has 1 aliphatic carbocycles. The van der Waals surface area contributed by atoms with Crippen LogP contribution in [0.1, 0.15) is 19.8 Å². The number of ether oxygens (including phenoxy) is 2. The zero-order valence-corrected chi connectivity index (χ0v) is 11.7. The lowest BCUT2D eigenvalue weighted by atomic mass is 10.1. The summed E-state index contributed by atoms with van der Waals surface area (Å²) in [5.41, 5.74) is 0. The van der Waals surface area contributed by atoms with Crippen LogP contribution in [0.2, 0.25) is 0 Å². The zero-order chi connectivity index (χ0) is 13.9. The van der Waals surface area contributed by atoms with Crippen LogP contribution in [0.25, 0.3) is 0 Å². The number of hydrogen-bond donors (Lipinski definition) is 0. The van der Waals surface area contributed by atoms with E-state index in [0.29, 0.717) is 31.4 Å². The van der Waals surface area contributed by atoms with Gasteiger partial charge in [0.2, 0.25) is 0 Å². The maximum atomic E-state index is 12.6. The van der Waals surface area contributed by atoms with Gasteiger partial charge in [0.25, 0.3) is 5.91 Å². The fraction of sp³-hybridized carbons (Fsp3) is 0.600. The second-order valence-electron chi connectivity index (χ2n) is 5.46. The number of nitrogens with zero attached hydrogens (tertiary/aromatic N) is 2. The molecule has 3 rings (SSSR count). The SMILES string of the molecule is C[C@@H](Oc1cccnc1)C(=O)N1CCOC[C@@H]1C1CC1. The molecule has 1 aliphatic heterocycles. The van der Waals surface area contributed by atoms with Crippen LogP contribution in [-0.2, 0) is 9.53 Å². The number of morpholine rings is 1. The van der Waals surface area contributed by atoms with Crippen molar-refractivity contribution in [2.24, 2.45) is 5.92 Å². The van der Waals surface area contributed by atoms with Crippen molar-refractivity contribution in [1.82, 2.24) is 9.88 Å². The minimum Gasteiger partial charge on any atom is -0.479 e. The van der Waals surface area contributed by atoms with Gasteiger partial charge in [-0.3, -0.25) is 9.78 Å². The Balaban J connectivity index is 1.64. The van der Waals surface area contributed by atoms with E-state index in [4.69, 9.17) is 9.47 Å². The van der Waals surface area contributed by atoms with E-state index in [9.17, 15) is 4.79 Å². The quantitative estimate of drug-likeness (QED) is 0.836. The molecule has 1 saturated heterocycles. The van der Waals surface area contributed by atoms with Crippen molar-refractivity contribution in [3.05, 3.63) is 24.5 Å². The summed E-state index contributed by atoms with van der Waals surface area (Å²) >= 11 is 0. The Bertz CT molecular complexity index is 461. The highest BCUT2D eigenvalue weighted by Gasteiger charge is 2.40. The van der Waals surface area contributed by atoms with Crippen LogP contribution in [0.3, 0.4) is 0 Å². The van der Waals surface area contributed by atoms with Crippen LogP contribution < -0.4 is 4.74 Å². The van der Waals surface area contributed by atoms with E-state index in [1.807, 2.05) is 11.0 Å². The average Bonchev–Trinajstić information content (AvgIpc) is 3.32. The van der Waals surface area contributed by atoms with Crippen LogP contribution >= 0.6 is 0 Å². The molecule has 5 heteroatoms. The molecule has 0 aromatic carbocycles. The van der Waals surface area contributed by atoms with Gasteiger partial charge in [-0.15, -0.1) is 0 Å². The maximum absolute atomic E-state index is 12.6. The van der Waals surface area contributed by atoms with E-state index in [0.717, 1.165) is 0 Å². The lowest BCUT2D eigenvalue weighted by Gasteiger charge is -2.37. The third-order valence-corrected chi connectivity index (χ3v) is 3.91. The number of aromatic nitrogens is 1. The molecule has 0 unspecified atom stereocenters. The van der Waals surface area contributed by atoms with Crippen molar-refractivity contribution in [2.45, 2.75) is 31.9 Å². The van der Waals surface area contributed by atoms with Gasteiger partial charge in [-0.2, -0.15) is 0 Å². The molecule has 5 nitrogen and oxygen atoms in total. The third-order valence-electron chi connectivity index (χ3n) is 3.91. The molecule has 1 aromatic rings. The van der Waals surface area contributed by atoms with Crippen molar-refractivity contribution in [2.75, 3.05) is 19.8 Å². The van der Waals surface area contributed by atoms with Crippen LogP contribution in [0.15, 0.2) is 24.5 Å². The van der Waals surface area contributed by atoms with E-state index in [-0.39, 0.29) is 11.9 Å². The molecule has 108 valence electrons. The fourth-order valence-corrected chi connectivity index (χ4v) is 2.67. The molecule has 2 heterocycles. The van der Waals surface area contributed by atoms with Gasteiger partial charge in [-0.25, -0.2) is 0 Å². The van der Waals surface area contributed by atoms with E-state index in [1.165, 1.54) is 12.8 Å². The Morgan fingerprint density at radius 3 is 3.10 bits per heavy atom. The summed E-state index contributed by atoms with van der Waals surface area (Å²) in [7, 11) is 0. The first-order valence-corrected chi connectivity index (χ1v) is 7.20. The summed E-state index contributed by atoms with van der Waals surface area (Å²) in [5.74, 6) is 1.29.